The van der Waals surface area contributed by atoms with Crippen molar-refractivity contribution in [2.24, 2.45) is 5.92 Å². The van der Waals surface area contributed by atoms with Gasteiger partial charge < -0.3 is 14.5 Å². The molecule has 0 aromatic carbocycles. The van der Waals surface area contributed by atoms with Gasteiger partial charge in [-0.25, -0.2) is 4.79 Å². The number of carbonyl (C=O) groups excluding carboxylic acids is 1. The molecule has 0 radical (unpaired) electrons. The highest BCUT2D eigenvalue weighted by atomic mass is 16.5. The zero-order valence-electron chi connectivity index (χ0n) is 12.2. The second-order valence-corrected chi connectivity index (χ2v) is 5.13. The van der Waals surface area contributed by atoms with E-state index in [1.165, 1.54) is 12.7 Å². The number of ether oxygens (including phenoxy) is 1. The molecule has 0 aliphatic rings. The quantitative estimate of drug-likeness (QED) is 0.731. The molecule has 0 saturated carbocycles. The van der Waals surface area contributed by atoms with Crippen LogP contribution in [0.5, 0.6) is 0 Å². The van der Waals surface area contributed by atoms with E-state index in [2.05, 4.69) is 31.1 Å². The SMILES string of the molecule is CCOC(=O)c1coc(NC(C)CCCC(C)C)n1. The number of oxazole rings is 1. The average Bonchev–Trinajstić information content (AvgIpc) is 2.77. The van der Waals surface area contributed by atoms with Gasteiger partial charge in [-0.3, -0.25) is 0 Å². The zero-order chi connectivity index (χ0) is 14.3. The van der Waals surface area contributed by atoms with Crippen molar-refractivity contribution in [1.82, 2.24) is 4.98 Å². The van der Waals surface area contributed by atoms with Crippen molar-refractivity contribution < 1.29 is 13.9 Å². The van der Waals surface area contributed by atoms with Crippen LogP contribution in [0.15, 0.2) is 10.7 Å². The second kappa shape index (κ2) is 7.81. The molecule has 108 valence electrons. The lowest BCUT2D eigenvalue weighted by Gasteiger charge is -2.12. The molecular weight excluding hydrogens is 244 g/mol. The normalized spacial score (nSPS) is 12.5. The van der Waals surface area contributed by atoms with Crippen molar-refractivity contribution in [2.75, 3.05) is 11.9 Å². The van der Waals surface area contributed by atoms with Gasteiger partial charge in [-0.05, 0) is 26.2 Å². The Bertz CT molecular complexity index is 388. The fourth-order valence-electron chi connectivity index (χ4n) is 1.75. The van der Waals surface area contributed by atoms with Gasteiger partial charge in [-0.15, -0.1) is 0 Å². The van der Waals surface area contributed by atoms with Crippen LogP contribution >= 0.6 is 0 Å². The number of esters is 1. The van der Waals surface area contributed by atoms with Crippen LogP contribution in [-0.2, 0) is 4.74 Å². The minimum Gasteiger partial charge on any atom is -0.461 e. The van der Waals surface area contributed by atoms with Crippen LogP contribution in [-0.4, -0.2) is 23.6 Å². The average molecular weight is 268 g/mol. The molecule has 5 nitrogen and oxygen atoms in total. The molecule has 19 heavy (non-hydrogen) atoms. The third-order valence-corrected chi connectivity index (χ3v) is 2.78. The van der Waals surface area contributed by atoms with Crippen LogP contribution < -0.4 is 5.32 Å². The van der Waals surface area contributed by atoms with Crippen LogP contribution in [0.25, 0.3) is 0 Å². The van der Waals surface area contributed by atoms with E-state index in [0.717, 1.165) is 18.8 Å². The fourth-order valence-corrected chi connectivity index (χ4v) is 1.75. The zero-order valence-corrected chi connectivity index (χ0v) is 12.2. The number of anilines is 1. The Balaban J connectivity index is 2.38. The van der Waals surface area contributed by atoms with E-state index in [0.29, 0.717) is 12.6 Å². The van der Waals surface area contributed by atoms with E-state index in [1.807, 2.05) is 0 Å². The summed E-state index contributed by atoms with van der Waals surface area (Å²) in [6.45, 7) is 8.61. The maximum Gasteiger partial charge on any atom is 0.360 e. The number of hydrogen-bond donors (Lipinski definition) is 1. The minimum absolute atomic E-state index is 0.207. The van der Waals surface area contributed by atoms with Crippen LogP contribution in [0.2, 0.25) is 0 Å². The van der Waals surface area contributed by atoms with Gasteiger partial charge in [0.1, 0.15) is 6.26 Å². The first-order valence-electron chi connectivity index (χ1n) is 6.92. The molecule has 0 bridgehead atoms. The lowest BCUT2D eigenvalue weighted by atomic mass is 10.0. The number of nitrogens with one attached hydrogen (secondary N) is 1. The van der Waals surface area contributed by atoms with Gasteiger partial charge in [-0.1, -0.05) is 26.7 Å². The first-order valence-corrected chi connectivity index (χ1v) is 6.92. The Labute approximate surface area is 114 Å². The van der Waals surface area contributed by atoms with Crippen molar-refractivity contribution in [1.29, 1.82) is 0 Å². The van der Waals surface area contributed by atoms with Crippen molar-refractivity contribution in [3.05, 3.63) is 12.0 Å². The molecule has 0 fully saturated rings. The molecule has 0 saturated heterocycles. The number of rotatable bonds is 8. The number of hydrogen-bond acceptors (Lipinski definition) is 5. The molecule has 0 aliphatic carbocycles. The third kappa shape index (κ3) is 5.77. The Morgan fingerprint density at radius 2 is 2.16 bits per heavy atom. The van der Waals surface area contributed by atoms with E-state index >= 15 is 0 Å². The molecule has 1 aromatic heterocycles. The summed E-state index contributed by atoms with van der Waals surface area (Å²) in [7, 11) is 0. The van der Waals surface area contributed by atoms with Crippen LogP contribution in [0.4, 0.5) is 6.01 Å². The first-order chi connectivity index (χ1) is 9.02. The molecule has 1 unspecified atom stereocenters. The summed E-state index contributed by atoms with van der Waals surface area (Å²) < 4.78 is 10.1. The largest absolute Gasteiger partial charge is 0.461 e. The van der Waals surface area contributed by atoms with Crippen LogP contribution in [0.3, 0.4) is 0 Å². The maximum absolute atomic E-state index is 11.4. The summed E-state index contributed by atoms with van der Waals surface area (Å²) in [4.78, 5) is 15.5. The summed E-state index contributed by atoms with van der Waals surface area (Å²) in [6, 6.07) is 0.646. The van der Waals surface area contributed by atoms with Gasteiger partial charge in [0.15, 0.2) is 5.69 Å². The van der Waals surface area contributed by atoms with Crippen molar-refractivity contribution in [2.45, 2.75) is 53.0 Å². The number of aromatic nitrogens is 1. The second-order valence-electron chi connectivity index (χ2n) is 5.13. The number of carbonyl (C=O) groups is 1. The first kappa shape index (κ1) is 15.5. The van der Waals surface area contributed by atoms with Crippen LogP contribution in [0.1, 0.15) is 57.4 Å². The monoisotopic (exact) mass is 268 g/mol. The third-order valence-electron chi connectivity index (χ3n) is 2.78. The van der Waals surface area contributed by atoms with E-state index < -0.39 is 5.97 Å². The molecule has 1 aromatic rings. The summed E-state index contributed by atoms with van der Waals surface area (Å²) in [5.41, 5.74) is 0.207. The van der Waals surface area contributed by atoms with E-state index in [1.54, 1.807) is 6.92 Å². The Morgan fingerprint density at radius 1 is 1.42 bits per heavy atom. The summed E-state index contributed by atoms with van der Waals surface area (Å²) in [5, 5.41) is 3.15. The minimum atomic E-state index is -0.452. The fraction of sp³-hybridized carbons (Fsp3) is 0.714. The maximum atomic E-state index is 11.4. The Morgan fingerprint density at radius 3 is 2.79 bits per heavy atom. The molecule has 5 heteroatoms. The lowest BCUT2D eigenvalue weighted by Crippen LogP contribution is -2.15. The molecular formula is C14H24N2O3. The van der Waals surface area contributed by atoms with Crippen molar-refractivity contribution in [3.63, 3.8) is 0 Å². The highest BCUT2D eigenvalue weighted by Crippen LogP contribution is 2.14. The molecule has 0 aliphatic heterocycles. The predicted octanol–water partition coefficient (Wildman–Crippen LogP) is 3.48. The topological polar surface area (TPSA) is 64.4 Å². The van der Waals surface area contributed by atoms with Gasteiger partial charge in [0.2, 0.25) is 0 Å². The van der Waals surface area contributed by atoms with Crippen molar-refractivity contribution >= 4 is 12.0 Å². The summed E-state index contributed by atoms with van der Waals surface area (Å²) >= 11 is 0. The van der Waals surface area contributed by atoms with Gasteiger partial charge >= 0.3 is 5.97 Å². The van der Waals surface area contributed by atoms with E-state index in [4.69, 9.17) is 9.15 Å². The van der Waals surface area contributed by atoms with Gasteiger partial charge in [0.05, 0.1) is 6.61 Å². The lowest BCUT2D eigenvalue weighted by molar-refractivity contribution is 0.0519. The van der Waals surface area contributed by atoms with E-state index in [-0.39, 0.29) is 11.7 Å². The summed E-state index contributed by atoms with van der Waals surface area (Å²) in [6.07, 6.45) is 4.75. The molecule has 0 amide bonds. The predicted molar refractivity (Wildman–Crippen MR) is 74.2 cm³/mol. The van der Waals surface area contributed by atoms with Crippen molar-refractivity contribution in [3.8, 4) is 0 Å². The Kier molecular flexibility index (Phi) is 6.39. The molecule has 1 heterocycles. The van der Waals surface area contributed by atoms with E-state index in [9.17, 15) is 4.79 Å². The van der Waals surface area contributed by atoms with Gasteiger partial charge in [0.25, 0.3) is 6.01 Å². The molecule has 1 rings (SSSR count). The van der Waals surface area contributed by atoms with Gasteiger partial charge in [-0.2, -0.15) is 4.98 Å². The standard InChI is InChI=1S/C14H24N2O3/c1-5-18-13(17)12-9-19-14(16-12)15-11(4)8-6-7-10(2)3/h9-11H,5-8H2,1-4H3,(H,15,16). The number of nitrogens with zero attached hydrogens (tertiary/aromatic N) is 1. The Hall–Kier alpha value is -1.52. The highest BCUT2D eigenvalue weighted by Gasteiger charge is 2.14. The smallest absolute Gasteiger partial charge is 0.360 e. The molecule has 1 N–H and O–H groups in total. The molecule has 1 atom stereocenters. The highest BCUT2D eigenvalue weighted by molar-refractivity contribution is 5.87. The van der Waals surface area contributed by atoms with Crippen LogP contribution in [0, 0.1) is 5.92 Å². The molecule has 0 spiro atoms. The summed E-state index contributed by atoms with van der Waals surface area (Å²) in [5.74, 6) is 0.274. The van der Waals surface area contributed by atoms with Gasteiger partial charge in [0, 0.05) is 6.04 Å².